The molecule has 5 nitrogen and oxygen atoms in total. The van der Waals surface area contributed by atoms with Gasteiger partial charge in [0.05, 0.1) is 4.90 Å². The second-order valence-corrected chi connectivity index (χ2v) is 9.17. The van der Waals surface area contributed by atoms with Crippen molar-refractivity contribution in [3.8, 4) is 0 Å². The van der Waals surface area contributed by atoms with Gasteiger partial charge in [-0.25, -0.2) is 8.42 Å². The zero-order chi connectivity index (χ0) is 19.4. The molecule has 1 saturated heterocycles. The third kappa shape index (κ3) is 4.76. The summed E-state index contributed by atoms with van der Waals surface area (Å²) in [5, 5.41) is 2.99. The van der Waals surface area contributed by atoms with Crippen LogP contribution in [-0.4, -0.2) is 31.7 Å². The highest BCUT2D eigenvalue weighted by molar-refractivity contribution is 7.89. The van der Waals surface area contributed by atoms with Crippen LogP contribution in [0.4, 0.5) is 5.69 Å². The van der Waals surface area contributed by atoms with Crippen molar-refractivity contribution >= 4 is 21.6 Å². The number of rotatable bonds is 5. The van der Waals surface area contributed by atoms with E-state index in [-0.39, 0.29) is 11.8 Å². The van der Waals surface area contributed by atoms with Crippen LogP contribution in [0, 0.1) is 19.8 Å². The molecule has 6 heteroatoms. The molecule has 0 spiro atoms. The highest BCUT2D eigenvalue weighted by Gasteiger charge is 2.30. The average molecular weight is 387 g/mol. The lowest BCUT2D eigenvalue weighted by atomic mass is 9.94. The lowest BCUT2D eigenvalue weighted by molar-refractivity contribution is -0.117. The van der Waals surface area contributed by atoms with E-state index in [9.17, 15) is 13.2 Å². The van der Waals surface area contributed by atoms with E-state index < -0.39 is 10.0 Å². The first-order valence-electron chi connectivity index (χ1n) is 9.28. The first-order chi connectivity index (χ1) is 12.9. The standard InChI is InChI=1S/C21H26N2O3S/c1-16-8-9-17(2)20(14-16)22-21(24)15-18-10-12-23(13-11-18)27(25,26)19-6-4-3-5-7-19/h3-9,14,18H,10-13,15H2,1-2H3,(H,22,24). The first kappa shape index (κ1) is 19.6. The summed E-state index contributed by atoms with van der Waals surface area (Å²) in [4.78, 5) is 12.7. The van der Waals surface area contributed by atoms with Gasteiger partial charge in [-0.15, -0.1) is 0 Å². The number of hydrogen-bond acceptors (Lipinski definition) is 3. The number of carbonyl (C=O) groups is 1. The lowest BCUT2D eigenvalue weighted by Crippen LogP contribution is -2.39. The van der Waals surface area contributed by atoms with E-state index in [2.05, 4.69) is 5.32 Å². The van der Waals surface area contributed by atoms with Crippen molar-refractivity contribution in [1.29, 1.82) is 0 Å². The summed E-state index contributed by atoms with van der Waals surface area (Å²) in [5.41, 5.74) is 3.00. The Labute approximate surface area is 161 Å². The summed E-state index contributed by atoms with van der Waals surface area (Å²) in [6, 6.07) is 14.5. The van der Waals surface area contributed by atoms with Crippen LogP contribution in [0.1, 0.15) is 30.4 Å². The Morgan fingerprint density at radius 3 is 2.41 bits per heavy atom. The molecule has 0 atom stereocenters. The maximum absolute atomic E-state index is 12.7. The SMILES string of the molecule is Cc1ccc(C)c(NC(=O)CC2CCN(S(=O)(=O)c3ccccc3)CC2)c1. The molecule has 0 bridgehead atoms. The Balaban J connectivity index is 1.55. The van der Waals surface area contributed by atoms with E-state index in [0.717, 1.165) is 16.8 Å². The normalized spacial score (nSPS) is 16.2. The van der Waals surface area contributed by atoms with Crippen molar-refractivity contribution < 1.29 is 13.2 Å². The van der Waals surface area contributed by atoms with Crippen molar-refractivity contribution in [2.24, 2.45) is 5.92 Å². The fraction of sp³-hybridized carbons (Fsp3) is 0.381. The average Bonchev–Trinajstić information content (AvgIpc) is 2.66. The summed E-state index contributed by atoms with van der Waals surface area (Å²) in [7, 11) is -3.44. The Bertz CT molecular complexity index is 902. The van der Waals surface area contributed by atoms with Crippen molar-refractivity contribution in [3.63, 3.8) is 0 Å². The molecular weight excluding hydrogens is 360 g/mol. The molecule has 1 heterocycles. The number of sulfonamides is 1. The van der Waals surface area contributed by atoms with E-state index >= 15 is 0 Å². The van der Waals surface area contributed by atoms with Gasteiger partial charge in [-0.3, -0.25) is 4.79 Å². The number of hydrogen-bond donors (Lipinski definition) is 1. The molecule has 0 unspecified atom stereocenters. The maximum Gasteiger partial charge on any atom is 0.243 e. The smallest absolute Gasteiger partial charge is 0.243 e. The Hall–Kier alpha value is -2.18. The van der Waals surface area contributed by atoms with Gasteiger partial charge in [0.15, 0.2) is 0 Å². The number of amides is 1. The van der Waals surface area contributed by atoms with Gasteiger partial charge >= 0.3 is 0 Å². The number of nitrogens with zero attached hydrogens (tertiary/aromatic N) is 1. The number of piperidine rings is 1. The summed E-state index contributed by atoms with van der Waals surface area (Å²) in [5.74, 6) is 0.199. The quantitative estimate of drug-likeness (QED) is 0.851. The maximum atomic E-state index is 12.7. The van der Waals surface area contributed by atoms with Gasteiger partial charge in [0.25, 0.3) is 0 Å². The monoisotopic (exact) mass is 386 g/mol. The molecular formula is C21H26N2O3S. The highest BCUT2D eigenvalue weighted by atomic mass is 32.2. The Morgan fingerprint density at radius 2 is 1.74 bits per heavy atom. The fourth-order valence-corrected chi connectivity index (χ4v) is 4.92. The minimum absolute atomic E-state index is 0.00642. The van der Waals surface area contributed by atoms with Crippen LogP contribution in [-0.2, 0) is 14.8 Å². The van der Waals surface area contributed by atoms with Crippen molar-refractivity contribution in [2.75, 3.05) is 18.4 Å². The molecule has 2 aromatic carbocycles. The number of nitrogens with one attached hydrogen (secondary N) is 1. The summed E-state index contributed by atoms with van der Waals surface area (Å²) < 4.78 is 26.9. The van der Waals surface area contributed by atoms with E-state index in [1.807, 2.05) is 32.0 Å². The summed E-state index contributed by atoms with van der Waals surface area (Å²) in [6.45, 7) is 4.89. The van der Waals surface area contributed by atoms with Crippen LogP contribution in [0.5, 0.6) is 0 Å². The largest absolute Gasteiger partial charge is 0.326 e. The van der Waals surface area contributed by atoms with E-state index in [0.29, 0.717) is 37.2 Å². The molecule has 0 radical (unpaired) electrons. The minimum atomic E-state index is -3.44. The Morgan fingerprint density at radius 1 is 1.07 bits per heavy atom. The summed E-state index contributed by atoms with van der Waals surface area (Å²) >= 11 is 0. The van der Waals surface area contributed by atoms with Crippen LogP contribution in [0.15, 0.2) is 53.4 Å². The van der Waals surface area contributed by atoms with E-state index in [1.165, 1.54) is 4.31 Å². The van der Waals surface area contributed by atoms with Gasteiger partial charge in [-0.2, -0.15) is 4.31 Å². The molecule has 0 saturated carbocycles. The molecule has 2 aromatic rings. The fourth-order valence-electron chi connectivity index (χ4n) is 3.43. The van der Waals surface area contributed by atoms with Crippen LogP contribution in [0.2, 0.25) is 0 Å². The molecule has 1 amide bonds. The molecule has 1 aliphatic heterocycles. The third-order valence-electron chi connectivity index (χ3n) is 5.10. The molecule has 3 rings (SSSR count). The third-order valence-corrected chi connectivity index (χ3v) is 7.01. The van der Waals surface area contributed by atoms with E-state index in [4.69, 9.17) is 0 Å². The van der Waals surface area contributed by atoms with Crippen LogP contribution >= 0.6 is 0 Å². The number of carbonyl (C=O) groups excluding carboxylic acids is 1. The van der Waals surface area contributed by atoms with Gasteiger partial charge in [-0.05, 0) is 61.9 Å². The molecule has 1 fully saturated rings. The first-order valence-corrected chi connectivity index (χ1v) is 10.7. The second kappa shape index (κ2) is 8.23. The predicted molar refractivity (Wildman–Crippen MR) is 107 cm³/mol. The zero-order valence-electron chi connectivity index (χ0n) is 15.8. The zero-order valence-corrected chi connectivity index (χ0v) is 16.6. The van der Waals surface area contributed by atoms with Crippen LogP contribution in [0.25, 0.3) is 0 Å². The molecule has 1 aliphatic rings. The van der Waals surface area contributed by atoms with Gasteiger partial charge in [0, 0.05) is 25.2 Å². The van der Waals surface area contributed by atoms with Gasteiger partial charge in [0.1, 0.15) is 0 Å². The predicted octanol–water partition coefficient (Wildman–Crippen LogP) is 3.73. The van der Waals surface area contributed by atoms with Crippen molar-refractivity contribution in [2.45, 2.75) is 38.0 Å². The lowest BCUT2D eigenvalue weighted by Gasteiger charge is -2.31. The van der Waals surface area contributed by atoms with Gasteiger partial charge in [-0.1, -0.05) is 30.3 Å². The van der Waals surface area contributed by atoms with Crippen LogP contribution in [0.3, 0.4) is 0 Å². The topological polar surface area (TPSA) is 66.5 Å². The van der Waals surface area contributed by atoms with Crippen molar-refractivity contribution in [1.82, 2.24) is 4.31 Å². The van der Waals surface area contributed by atoms with Crippen LogP contribution < -0.4 is 5.32 Å². The summed E-state index contributed by atoms with van der Waals surface area (Å²) in [6.07, 6.45) is 1.82. The second-order valence-electron chi connectivity index (χ2n) is 7.23. The number of benzene rings is 2. The molecule has 0 aromatic heterocycles. The number of anilines is 1. The molecule has 27 heavy (non-hydrogen) atoms. The highest BCUT2D eigenvalue weighted by Crippen LogP contribution is 2.26. The minimum Gasteiger partial charge on any atom is -0.326 e. The molecule has 144 valence electrons. The number of aryl methyl sites for hydroxylation is 2. The van der Waals surface area contributed by atoms with Gasteiger partial charge in [0.2, 0.25) is 15.9 Å². The molecule has 1 N–H and O–H groups in total. The van der Waals surface area contributed by atoms with Crippen molar-refractivity contribution in [3.05, 3.63) is 59.7 Å². The Kier molecular flexibility index (Phi) is 5.97. The van der Waals surface area contributed by atoms with Gasteiger partial charge < -0.3 is 5.32 Å². The van der Waals surface area contributed by atoms with E-state index in [1.54, 1.807) is 30.3 Å². The molecule has 0 aliphatic carbocycles.